The minimum absolute atomic E-state index is 0.593. The molecule has 0 unspecified atom stereocenters. The largest absolute Gasteiger partial charge is 0.489 e. The van der Waals surface area contributed by atoms with Gasteiger partial charge < -0.3 is 4.74 Å². The molecule has 110 valence electrons. The molecular formula is C20H17IO. The number of hydrogen-bond donors (Lipinski definition) is 0. The highest BCUT2D eigenvalue weighted by Gasteiger charge is 2.05. The van der Waals surface area contributed by atoms with Crippen molar-refractivity contribution in [1.82, 2.24) is 0 Å². The summed E-state index contributed by atoms with van der Waals surface area (Å²) in [5.41, 5.74) is 4.90. The van der Waals surface area contributed by atoms with Crippen molar-refractivity contribution in [3.05, 3.63) is 87.5 Å². The first-order valence-electron chi connectivity index (χ1n) is 7.26. The van der Waals surface area contributed by atoms with Crippen LogP contribution in [0.25, 0.3) is 11.1 Å². The van der Waals surface area contributed by atoms with Gasteiger partial charge in [-0.2, -0.15) is 0 Å². The minimum atomic E-state index is 0.593. The molecule has 0 heterocycles. The molecule has 0 aliphatic carbocycles. The molecule has 0 aromatic heterocycles. The minimum Gasteiger partial charge on any atom is -0.489 e. The third kappa shape index (κ3) is 3.69. The Balaban J connectivity index is 1.80. The number of ether oxygens (including phenoxy) is 1. The normalized spacial score (nSPS) is 10.5. The van der Waals surface area contributed by atoms with E-state index in [0.717, 1.165) is 5.75 Å². The van der Waals surface area contributed by atoms with Crippen LogP contribution < -0.4 is 4.74 Å². The SMILES string of the molecule is Cc1ccc(-c2cccc(OCc3ccccc3)c2)c(I)c1. The first-order chi connectivity index (χ1) is 10.7. The average molecular weight is 400 g/mol. The molecule has 0 N–H and O–H groups in total. The molecule has 22 heavy (non-hydrogen) atoms. The average Bonchev–Trinajstić information content (AvgIpc) is 2.54. The Hall–Kier alpha value is -1.81. The monoisotopic (exact) mass is 400 g/mol. The molecule has 0 amide bonds. The molecule has 0 saturated heterocycles. The van der Waals surface area contributed by atoms with Gasteiger partial charge in [0.1, 0.15) is 12.4 Å². The lowest BCUT2D eigenvalue weighted by Gasteiger charge is -2.10. The van der Waals surface area contributed by atoms with Gasteiger partial charge in [0.15, 0.2) is 0 Å². The Morgan fingerprint density at radius 1 is 0.864 bits per heavy atom. The highest BCUT2D eigenvalue weighted by Crippen LogP contribution is 2.29. The Kier molecular flexibility index (Phi) is 4.78. The third-order valence-corrected chi connectivity index (χ3v) is 4.41. The van der Waals surface area contributed by atoms with Crippen LogP contribution in [0.2, 0.25) is 0 Å². The Morgan fingerprint density at radius 3 is 2.45 bits per heavy atom. The standard InChI is InChI=1S/C20H17IO/c1-15-10-11-19(20(21)12-15)17-8-5-9-18(13-17)22-14-16-6-3-2-4-7-16/h2-13H,14H2,1H3. The van der Waals surface area contributed by atoms with E-state index < -0.39 is 0 Å². The van der Waals surface area contributed by atoms with Crippen molar-refractivity contribution in [3.8, 4) is 16.9 Å². The second-order valence-electron chi connectivity index (χ2n) is 5.29. The Labute approximate surface area is 145 Å². The van der Waals surface area contributed by atoms with Crippen molar-refractivity contribution < 1.29 is 4.74 Å². The van der Waals surface area contributed by atoms with Gasteiger partial charge in [0.2, 0.25) is 0 Å². The van der Waals surface area contributed by atoms with Crippen LogP contribution in [0.3, 0.4) is 0 Å². The predicted octanol–water partition coefficient (Wildman–Crippen LogP) is 5.85. The third-order valence-electron chi connectivity index (χ3n) is 3.52. The van der Waals surface area contributed by atoms with Crippen LogP contribution in [0.1, 0.15) is 11.1 Å². The maximum atomic E-state index is 5.92. The van der Waals surface area contributed by atoms with Gasteiger partial charge in [-0.3, -0.25) is 0 Å². The lowest BCUT2D eigenvalue weighted by molar-refractivity contribution is 0.306. The molecule has 0 aliphatic heterocycles. The van der Waals surface area contributed by atoms with E-state index in [9.17, 15) is 0 Å². The molecule has 3 rings (SSSR count). The van der Waals surface area contributed by atoms with Gasteiger partial charge in [-0.25, -0.2) is 0 Å². The first kappa shape index (κ1) is 15.1. The molecule has 0 saturated carbocycles. The van der Waals surface area contributed by atoms with Crippen LogP contribution in [0.5, 0.6) is 5.75 Å². The molecule has 1 nitrogen and oxygen atoms in total. The summed E-state index contributed by atoms with van der Waals surface area (Å²) < 4.78 is 7.18. The van der Waals surface area contributed by atoms with Gasteiger partial charge in [-0.1, -0.05) is 60.2 Å². The van der Waals surface area contributed by atoms with Crippen molar-refractivity contribution >= 4 is 22.6 Å². The van der Waals surface area contributed by atoms with Crippen LogP contribution in [-0.2, 0) is 6.61 Å². The molecule has 0 radical (unpaired) electrons. The maximum absolute atomic E-state index is 5.92. The molecule has 2 heteroatoms. The van der Waals surface area contributed by atoms with E-state index in [1.165, 1.54) is 25.8 Å². The van der Waals surface area contributed by atoms with Crippen LogP contribution in [0.4, 0.5) is 0 Å². The van der Waals surface area contributed by atoms with E-state index in [1.54, 1.807) is 0 Å². The smallest absolute Gasteiger partial charge is 0.120 e. The van der Waals surface area contributed by atoms with Gasteiger partial charge in [0, 0.05) is 3.57 Å². The number of benzene rings is 3. The van der Waals surface area contributed by atoms with Crippen molar-refractivity contribution in [2.45, 2.75) is 13.5 Å². The summed E-state index contributed by atoms with van der Waals surface area (Å²) in [5, 5.41) is 0. The summed E-state index contributed by atoms with van der Waals surface area (Å²) in [6, 6.07) is 25.0. The fourth-order valence-corrected chi connectivity index (χ4v) is 3.33. The fourth-order valence-electron chi connectivity index (χ4n) is 2.35. The molecule has 0 aliphatic rings. The number of aryl methyl sites for hydroxylation is 1. The first-order valence-corrected chi connectivity index (χ1v) is 8.33. The van der Waals surface area contributed by atoms with Crippen LogP contribution in [-0.4, -0.2) is 0 Å². The van der Waals surface area contributed by atoms with Crippen molar-refractivity contribution in [2.75, 3.05) is 0 Å². The highest BCUT2D eigenvalue weighted by atomic mass is 127. The zero-order valence-electron chi connectivity index (χ0n) is 12.4. The molecule has 3 aromatic rings. The second-order valence-corrected chi connectivity index (χ2v) is 6.45. The van der Waals surface area contributed by atoms with Crippen LogP contribution in [0.15, 0.2) is 72.8 Å². The van der Waals surface area contributed by atoms with Gasteiger partial charge in [-0.15, -0.1) is 0 Å². The van der Waals surface area contributed by atoms with Crippen molar-refractivity contribution in [1.29, 1.82) is 0 Å². The molecule has 0 atom stereocenters. The highest BCUT2D eigenvalue weighted by molar-refractivity contribution is 14.1. The van der Waals surface area contributed by atoms with Crippen LogP contribution in [0, 0.1) is 10.5 Å². The fraction of sp³-hybridized carbons (Fsp3) is 0.100. The number of halogens is 1. The summed E-state index contributed by atoms with van der Waals surface area (Å²) in [7, 11) is 0. The van der Waals surface area contributed by atoms with Crippen molar-refractivity contribution in [3.63, 3.8) is 0 Å². The zero-order valence-corrected chi connectivity index (χ0v) is 14.6. The van der Waals surface area contributed by atoms with Gasteiger partial charge in [-0.05, 0) is 64.4 Å². The Morgan fingerprint density at radius 2 is 1.68 bits per heavy atom. The van der Waals surface area contributed by atoms with E-state index in [0.29, 0.717) is 6.61 Å². The summed E-state index contributed by atoms with van der Waals surface area (Å²) in [4.78, 5) is 0. The summed E-state index contributed by atoms with van der Waals surface area (Å²) in [5.74, 6) is 0.901. The summed E-state index contributed by atoms with van der Waals surface area (Å²) >= 11 is 2.39. The summed E-state index contributed by atoms with van der Waals surface area (Å²) in [6.07, 6.45) is 0. The van der Waals surface area contributed by atoms with E-state index in [-0.39, 0.29) is 0 Å². The van der Waals surface area contributed by atoms with E-state index in [1.807, 2.05) is 30.3 Å². The lowest BCUT2D eigenvalue weighted by Crippen LogP contribution is -1.95. The number of hydrogen-bond acceptors (Lipinski definition) is 1. The predicted molar refractivity (Wildman–Crippen MR) is 100 cm³/mol. The molecular weight excluding hydrogens is 383 g/mol. The molecule has 0 fully saturated rings. The van der Waals surface area contributed by atoms with Gasteiger partial charge >= 0.3 is 0 Å². The van der Waals surface area contributed by atoms with Crippen molar-refractivity contribution in [2.24, 2.45) is 0 Å². The topological polar surface area (TPSA) is 9.23 Å². The summed E-state index contributed by atoms with van der Waals surface area (Å²) in [6.45, 7) is 2.71. The molecule has 3 aromatic carbocycles. The second kappa shape index (κ2) is 6.97. The molecule has 0 spiro atoms. The number of rotatable bonds is 4. The van der Waals surface area contributed by atoms with Crippen LogP contribution >= 0.6 is 22.6 Å². The quantitative estimate of drug-likeness (QED) is 0.500. The Bertz CT molecular complexity index is 766. The zero-order chi connectivity index (χ0) is 15.4. The molecule has 0 bridgehead atoms. The van der Waals surface area contributed by atoms with Gasteiger partial charge in [0.05, 0.1) is 0 Å². The van der Waals surface area contributed by atoms with E-state index in [4.69, 9.17) is 4.74 Å². The van der Waals surface area contributed by atoms with E-state index >= 15 is 0 Å². The maximum Gasteiger partial charge on any atom is 0.120 e. The van der Waals surface area contributed by atoms with E-state index in [2.05, 4.69) is 72.0 Å². The lowest BCUT2D eigenvalue weighted by atomic mass is 10.0. The van der Waals surface area contributed by atoms with Gasteiger partial charge in [0.25, 0.3) is 0 Å².